The monoisotopic (exact) mass is 335 g/mol. The van der Waals surface area contributed by atoms with Gasteiger partial charge in [-0.3, -0.25) is 4.79 Å². The molecule has 1 atom stereocenters. The number of nitrogens with zero attached hydrogens (tertiary/aromatic N) is 2. The van der Waals surface area contributed by atoms with E-state index in [1.165, 1.54) is 12.5 Å². The third-order valence-corrected chi connectivity index (χ3v) is 5.50. The molecule has 4 nitrogen and oxygen atoms in total. The molecule has 1 unspecified atom stereocenters. The van der Waals surface area contributed by atoms with Crippen LogP contribution in [-0.4, -0.2) is 55.0 Å². The number of aryl methyl sites for hydroxylation is 1. The molecular formula is C19H30FN3O. The lowest BCUT2D eigenvalue weighted by atomic mass is 9.88. The Morgan fingerprint density at radius 1 is 1.46 bits per heavy atom. The van der Waals surface area contributed by atoms with Gasteiger partial charge in [0.1, 0.15) is 5.82 Å². The molecular weight excluding hydrogens is 305 g/mol. The fourth-order valence-electron chi connectivity index (χ4n) is 3.27. The molecule has 5 heteroatoms. The molecule has 1 fully saturated rings. The van der Waals surface area contributed by atoms with Gasteiger partial charge in [0.15, 0.2) is 0 Å². The summed E-state index contributed by atoms with van der Waals surface area (Å²) in [7, 11) is 4.24. The first-order valence-corrected chi connectivity index (χ1v) is 8.66. The van der Waals surface area contributed by atoms with Crippen molar-refractivity contribution in [2.24, 2.45) is 5.92 Å². The van der Waals surface area contributed by atoms with Crippen LogP contribution in [0.4, 0.5) is 10.1 Å². The second-order valence-electron chi connectivity index (χ2n) is 7.59. The van der Waals surface area contributed by atoms with Gasteiger partial charge in [-0.15, -0.1) is 0 Å². The van der Waals surface area contributed by atoms with Crippen molar-refractivity contribution < 1.29 is 9.18 Å². The Morgan fingerprint density at radius 2 is 2.17 bits per heavy atom. The van der Waals surface area contributed by atoms with Crippen LogP contribution in [0, 0.1) is 18.7 Å². The van der Waals surface area contributed by atoms with Crippen LogP contribution in [0.5, 0.6) is 0 Å². The minimum Gasteiger partial charge on any atom is -0.326 e. The second-order valence-corrected chi connectivity index (χ2v) is 7.59. The summed E-state index contributed by atoms with van der Waals surface area (Å²) in [6, 6.07) is 4.78. The van der Waals surface area contributed by atoms with Crippen molar-refractivity contribution in [3.63, 3.8) is 0 Å². The van der Waals surface area contributed by atoms with Crippen molar-refractivity contribution in [2.45, 2.75) is 39.2 Å². The van der Waals surface area contributed by atoms with Crippen LogP contribution in [-0.2, 0) is 4.79 Å². The molecule has 0 spiro atoms. The lowest BCUT2D eigenvalue weighted by Crippen LogP contribution is -2.44. The molecule has 0 aromatic heterocycles. The van der Waals surface area contributed by atoms with Gasteiger partial charge >= 0.3 is 0 Å². The van der Waals surface area contributed by atoms with Gasteiger partial charge in [0.2, 0.25) is 5.91 Å². The number of nitrogens with one attached hydrogen (secondary N) is 1. The van der Waals surface area contributed by atoms with Gasteiger partial charge in [0.05, 0.1) is 0 Å². The van der Waals surface area contributed by atoms with E-state index in [0.29, 0.717) is 30.1 Å². The number of carbonyl (C=O) groups is 1. The van der Waals surface area contributed by atoms with Gasteiger partial charge in [0, 0.05) is 30.7 Å². The van der Waals surface area contributed by atoms with E-state index >= 15 is 0 Å². The zero-order valence-corrected chi connectivity index (χ0v) is 15.5. The Morgan fingerprint density at radius 3 is 2.75 bits per heavy atom. The molecule has 1 saturated heterocycles. The standard InChI is InChI=1S/C19H30FN3O/c1-14-6-7-16(12-17(14)20)21-18(24)9-10-22(4)13-15-8-11-23(5)19(15,2)3/h6-7,12,15H,8-11,13H2,1-5H3,(H,21,24). The van der Waals surface area contributed by atoms with Crippen LogP contribution in [0.3, 0.4) is 0 Å². The fraction of sp³-hybridized carbons (Fsp3) is 0.632. The van der Waals surface area contributed by atoms with E-state index in [4.69, 9.17) is 0 Å². The van der Waals surface area contributed by atoms with Crippen LogP contribution in [0.25, 0.3) is 0 Å². The highest BCUT2D eigenvalue weighted by molar-refractivity contribution is 5.90. The smallest absolute Gasteiger partial charge is 0.225 e. The van der Waals surface area contributed by atoms with Gasteiger partial charge in [-0.25, -0.2) is 4.39 Å². The van der Waals surface area contributed by atoms with E-state index in [1.807, 2.05) is 0 Å². The fourth-order valence-corrected chi connectivity index (χ4v) is 3.27. The maximum atomic E-state index is 13.5. The van der Waals surface area contributed by atoms with Gasteiger partial charge in [-0.2, -0.15) is 0 Å². The highest BCUT2D eigenvalue weighted by Crippen LogP contribution is 2.33. The van der Waals surface area contributed by atoms with Crippen molar-refractivity contribution in [2.75, 3.05) is 39.0 Å². The quantitative estimate of drug-likeness (QED) is 0.867. The maximum Gasteiger partial charge on any atom is 0.225 e. The first-order chi connectivity index (χ1) is 11.2. The Labute approximate surface area is 145 Å². The molecule has 1 amide bonds. The number of hydrogen-bond donors (Lipinski definition) is 1. The number of carbonyl (C=O) groups excluding carboxylic acids is 1. The molecule has 1 aliphatic rings. The number of likely N-dealkylation sites (tertiary alicyclic amines) is 1. The molecule has 134 valence electrons. The molecule has 2 rings (SSSR count). The summed E-state index contributed by atoms with van der Waals surface area (Å²) in [6.45, 7) is 9.11. The molecule has 1 N–H and O–H groups in total. The molecule has 1 aromatic rings. The minimum absolute atomic E-state index is 0.0760. The van der Waals surface area contributed by atoms with Gasteiger partial charge in [-0.05, 0) is 71.4 Å². The molecule has 1 aromatic carbocycles. The molecule has 24 heavy (non-hydrogen) atoms. The summed E-state index contributed by atoms with van der Waals surface area (Å²) < 4.78 is 13.5. The van der Waals surface area contributed by atoms with E-state index < -0.39 is 0 Å². The average Bonchev–Trinajstić information content (AvgIpc) is 2.76. The third kappa shape index (κ3) is 4.54. The normalized spacial score (nSPS) is 20.5. The molecule has 0 bridgehead atoms. The topological polar surface area (TPSA) is 35.6 Å². The number of amides is 1. The highest BCUT2D eigenvalue weighted by Gasteiger charge is 2.39. The van der Waals surface area contributed by atoms with Crippen LogP contribution in [0.1, 0.15) is 32.3 Å². The lowest BCUT2D eigenvalue weighted by Gasteiger charge is -2.35. The predicted molar refractivity (Wildman–Crippen MR) is 96.7 cm³/mol. The number of benzene rings is 1. The summed E-state index contributed by atoms with van der Waals surface area (Å²) in [5.74, 6) is 0.243. The van der Waals surface area contributed by atoms with E-state index in [2.05, 4.69) is 43.1 Å². The zero-order chi connectivity index (χ0) is 17.9. The van der Waals surface area contributed by atoms with E-state index in [1.54, 1.807) is 19.1 Å². The summed E-state index contributed by atoms with van der Waals surface area (Å²) in [4.78, 5) is 16.7. The van der Waals surface area contributed by atoms with Crippen LogP contribution in [0.2, 0.25) is 0 Å². The average molecular weight is 335 g/mol. The van der Waals surface area contributed by atoms with Gasteiger partial charge < -0.3 is 15.1 Å². The third-order valence-electron chi connectivity index (χ3n) is 5.50. The summed E-state index contributed by atoms with van der Waals surface area (Å²) in [6.07, 6.45) is 1.61. The van der Waals surface area contributed by atoms with Gasteiger partial charge in [0.25, 0.3) is 0 Å². The Kier molecular flexibility index (Phi) is 5.99. The summed E-state index contributed by atoms with van der Waals surface area (Å²) in [5, 5.41) is 2.77. The molecule has 0 aliphatic carbocycles. The number of rotatable bonds is 6. The zero-order valence-electron chi connectivity index (χ0n) is 15.5. The van der Waals surface area contributed by atoms with Crippen LogP contribution in [0.15, 0.2) is 18.2 Å². The summed E-state index contributed by atoms with van der Waals surface area (Å²) in [5.41, 5.74) is 1.30. The Hall–Kier alpha value is -1.46. The highest BCUT2D eigenvalue weighted by atomic mass is 19.1. The Balaban J connectivity index is 1.78. The molecule has 1 heterocycles. The number of hydrogen-bond acceptors (Lipinski definition) is 3. The van der Waals surface area contributed by atoms with Crippen molar-refractivity contribution in [3.8, 4) is 0 Å². The van der Waals surface area contributed by atoms with E-state index in [0.717, 1.165) is 13.1 Å². The Bertz CT molecular complexity index is 588. The summed E-state index contributed by atoms with van der Waals surface area (Å²) >= 11 is 0. The van der Waals surface area contributed by atoms with E-state index in [-0.39, 0.29) is 17.3 Å². The minimum atomic E-state index is -0.294. The first-order valence-electron chi connectivity index (χ1n) is 8.66. The first kappa shape index (κ1) is 18.9. The number of anilines is 1. The maximum absolute atomic E-state index is 13.5. The molecule has 1 aliphatic heterocycles. The van der Waals surface area contributed by atoms with Crippen molar-refractivity contribution in [1.82, 2.24) is 9.80 Å². The second kappa shape index (κ2) is 7.62. The van der Waals surface area contributed by atoms with Crippen LogP contribution < -0.4 is 5.32 Å². The molecule has 0 radical (unpaired) electrons. The largest absolute Gasteiger partial charge is 0.326 e. The van der Waals surface area contributed by atoms with Gasteiger partial charge in [-0.1, -0.05) is 6.07 Å². The number of halogens is 1. The van der Waals surface area contributed by atoms with Crippen molar-refractivity contribution in [3.05, 3.63) is 29.6 Å². The predicted octanol–water partition coefficient (Wildman–Crippen LogP) is 3.12. The lowest BCUT2D eigenvalue weighted by molar-refractivity contribution is -0.116. The van der Waals surface area contributed by atoms with Crippen molar-refractivity contribution >= 4 is 11.6 Å². The van der Waals surface area contributed by atoms with Crippen molar-refractivity contribution in [1.29, 1.82) is 0 Å². The van der Waals surface area contributed by atoms with Crippen LogP contribution >= 0.6 is 0 Å². The molecule has 0 saturated carbocycles. The SMILES string of the molecule is Cc1ccc(NC(=O)CCN(C)CC2CCN(C)C2(C)C)cc1F. The van der Waals surface area contributed by atoms with E-state index in [9.17, 15) is 9.18 Å².